The molecule has 1 N–H and O–H groups in total. The standard InChI is InChI=1S/C10H9NO4S/c1-6-7(10(12)13)3-4-9(8(6)5-11)16(2,14)15/h3-4H,1-2H3,(H,12,13). The lowest BCUT2D eigenvalue weighted by Crippen LogP contribution is -2.07. The van der Waals surface area contributed by atoms with Gasteiger partial charge in [-0.1, -0.05) is 0 Å². The molecule has 5 nitrogen and oxygen atoms in total. The van der Waals surface area contributed by atoms with E-state index in [0.29, 0.717) is 0 Å². The average molecular weight is 239 g/mol. The highest BCUT2D eigenvalue weighted by molar-refractivity contribution is 7.90. The van der Waals surface area contributed by atoms with Crippen molar-refractivity contribution in [3.8, 4) is 6.07 Å². The molecule has 0 fully saturated rings. The topological polar surface area (TPSA) is 95.2 Å². The van der Waals surface area contributed by atoms with Crippen LogP contribution in [0.2, 0.25) is 0 Å². The summed E-state index contributed by atoms with van der Waals surface area (Å²) in [5.74, 6) is -1.19. The van der Waals surface area contributed by atoms with Crippen LogP contribution in [0.1, 0.15) is 21.5 Å². The van der Waals surface area contributed by atoms with E-state index in [4.69, 9.17) is 10.4 Å². The molecule has 0 unspecified atom stereocenters. The van der Waals surface area contributed by atoms with Crippen molar-refractivity contribution in [1.82, 2.24) is 0 Å². The van der Waals surface area contributed by atoms with E-state index in [-0.39, 0.29) is 21.6 Å². The zero-order valence-electron chi connectivity index (χ0n) is 8.68. The first-order valence-corrected chi connectivity index (χ1v) is 6.15. The number of sulfone groups is 1. The Labute approximate surface area is 92.9 Å². The summed E-state index contributed by atoms with van der Waals surface area (Å²) in [6.45, 7) is 1.41. The largest absolute Gasteiger partial charge is 0.478 e. The SMILES string of the molecule is Cc1c(C(=O)O)ccc(S(C)(=O)=O)c1C#N. The second-order valence-electron chi connectivity index (χ2n) is 3.30. The third kappa shape index (κ3) is 2.04. The predicted octanol–water partition coefficient (Wildman–Crippen LogP) is 0.968. The van der Waals surface area contributed by atoms with Crippen LogP contribution in [-0.2, 0) is 9.84 Å². The Morgan fingerprint density at radius 2 is 2.00 bits per heavy atom. The minimum absolute atomic E-state index is 0.0658. The number of carbonyl (C=O) groups is 1. The van der Waals surface area contributed by atoms with Crippen LogP contribution >= 0.6 is 0 Å². The van der Waals surface area contributed by atoms with Crippen molar-refractivity contribution in [2.75, 3.05) is 6.26 Å². The third-order valence-corrected chi connectivity index (χ3v) is 3.31. The Morgan fingerprint density at radius 1 is 1.44 bits per heavy atom. The molecule has 0 saturated carbocycles. The van der Waals surface area contributed by atoms with E-state index < -0.39 is 15.8 Å². The van der Waals surface area contributed by atoms with Crippen LogP contribution in [0.3, 0.4) is 0 Å². The third-order valence-electron chi connectivity index (χ3n) is 2.17. The van der Waals surface area contributed by atoms with Crippen molar-refractivity contribution in [3.05, 3.63) is 28.8 Å². The van der Waals surface area contributed by atoms with Crippen molar-refractivity contribution < 1.29 is 18.3 Å². The summed E-state index contributed by atoms with van der Waals surface area (Å²) >= 11 is 0. The smallest absolute Gasteiger partial charge is 0.335 e. The highest BCUT2D eigenvalue weighted by atomic mass is 32.2. The van der Waals surface area contributed by atoms with Gasteiger partial charge in [0.2, 0.25) is 0 Å². The molecule has 0 spiro atoms. The van der Waals surface area contributed by atoms with E-state index in [1.165, 1.54) is 13.0 Å². The molecular weight excluding hydrogens is 230 g/mol. The van der Waals surface area contributed by atoms with Gasteiger partial charge >= 0.3 is 5.97 Å². The average Bonchev–Trinajstić information content (AvgIpc) is 2.15. The Morgan fingerprint density at radius 3 is 2.38 bits per heavy atom. The van der Waals surface area contributed by atoms with Gasteiger partial charge in [-0.05, 0) is 24.6 Å². The lowest BCUT2D eigenvalue weighted by Gasteiger charge is -2.07. The van der Waals surface area contributed by atoms with E-state index in [9.17, 15) is 13.2 Å². The number of rotatable bonds is 2. The number of carboxylic acid groups (broad SMARTS) is 1. The van der Waals surface area contributed by atoms with Crippen molar-refractivity contribution >= 4 is 15.8 Å². The second-order valence-corrected chi connectivity index (χ2v) is 5.28. The minimum atomic E-state index is -3.53. The van der Waals surface area contributed by atoms with Crippen molar-refractivity contribution in [2.24, 2.45) is 0 Å². The number of nitriles is 1. The molecule has 16 heavy (non-hydrogen) atoms. The molecular formula is C10H9NO4S. The fraction of sp³-hybridized carbons (Fsp3) is 0.200. The van der Waals surface area contributed by atoms with Gasteiger partial charge in [0, 0.05) is 6.26 Å². The Bertz CT molecular complexity index is 596. The molecule has 1 aromatic carbocycles. The summed E-state index contributed by atoms with van der Waals surface area (Å²) in [6.07, 6.45) is 0.975. The van der Waals surface area contributed by atoms with Gasteiger partial charge in [-0.25, -0.2) is 13.2 Å². The quantitative estimate of drug-likeness (QED) is 0.829. The van der Waals surface area contributed by atoms with Crippen LogP contribution < -0.4 is 0 Å². The van der Waals surface area contributed by atoms with Gasteiger partial charge in [-0.3, -0.25) is 0 Å². The monoisotopic (exact) mass is 239 g/mol. The highest BCUT2D eigenvalue weighted by Crippen LogP contribution is 2.22. The summed E-state index contributed by atoms with van der Waals surface area (Å²) in [6, 6.07) is 4.06. The summed E-state index contributed by atoms with van der Waals surface area (Å²) in [7, 11) is -3.53. The van der Waals surface area contributed by atoms with E-state index in [1.54, 1.807) is 6.07 Å². The Balaban J connectivity index is 3.69. The van der Waals surface area contributed by atoms with Crippen molar-refractivity contribution in [1.29, 1.82) is 5.26 Å². The van der Waals surface area contributed by atoms with Crippen LogP contribution in [0.5, 0.6) is 0 Å². The molecule has 0 bridgehead atoms. The number of hydrogen-bond acceptors (Lipinski definition) is 4. The molecule has 6 heteroatoms. The molecule has 84 valence electrons. The summed E-state index contributed by atoms with van der Waals surface area (Å²) in [5.41, 5.74) is -0.00993. The maximum absolute atomic E-state index is 11.3. The van der Waals surface area contributed by atoms with Crippen molar-refractivity contribution in [2.45, 2.75) is 11.8 Å². The van der Waals surface area contributed by atoms with E-state index >= 15 is 0 Å². The normalized spacial score (nSPS) is 10.8. The van der Waals surface area contributed by atoms with Crippen LogP contribution in [0.15, 0.2) is 17.0 Å². The van der Waals surface area contributed by atoms with Crippen LogP contribution in [0, 0.1) is 18.3 Å². The van der Waals surface area contributed by atoms with Crippen LogP contribution in [0.25, 0.3) is 0 Å². The summed E-state index contributed by atoms with van der Waals surface area (Å²) in [5, 5.41) is 17.7. The van der Waals surface area contributed by atoms with E-state index in [2.05, 4.69) is 0 Å². The first kappa shape index (κ1) is 12.2. The molecule has 0 aliphatic heterocycles. The number of aromatic carboxylic acids is 1. The highest BCUT2D eigenvalue weighted by Gasteiger charge is 2.19. The number of benzene rings is 1. The second kappa shape index (κ2) is 3.94. The first-order chi connectivity index (χ1) is 7.29. The predicted molar refractivity (Wildman–Crippen MR) is 56.0 cm³/mol. The molecule has 0 atom stereocenters. The van der Waals surface area contributed by atoms with E-state index in [1.807, 2.05) is 0 Å². The molecule has 1 rings (SSSR count). The van der Waals surface area contributed by atoms with Gasteiger partial charge in [0.05, 0.1) is 16.0 Å². The number of nitrogens with zero attached hydrogens (tertiary/aromatic N) is 1. The van der Waals surface area contributed by atoms with Gasteiger partial charge in [-0.15, -0.1) is 0 Å². The number of hydrogen-bond donors (Lipinski definition) is 1. The zero-order chi connectivity index (χ0) is 12.5. The first-order valence-electron chi connectivity index (χ1n) is 4.26. The molecule has 0 aromatic heterocycles. The van der Waals surface area contributed by atoms with Gasteiger partial charge in [-0.2, -0.15) is 5.26 Å². The Kier molecular flexibility index (Phi) is 3.01. The molecule has 0 saturated heterocycles. The minimum Gasteiger partial charge on any atom is -0.478 e. The van der Waals surface area contributed by atoms with Gasteiger partial charge in [0.25, 0.3) is 0 Å². The number of carboxylic acids is 1. The van der Waals surface area contributed by atoms with Gasteiger partial charge < -0.3 is 5.11 Å². The van der Waals surface area contributed by atoms with Crippen LogP contribution in [-0.4, -0.2) is 25.7 Å². The molecule has 0 radical (unpaired) electrons. The van der Waals surface area contributed by atoms with Gasteiger partial charge in [0.1, 0.15) is 6.07 Å². The Hall–Kier alpha value is -1.87. The summed E-state index contributed by atoms with van der Waals surface area (Å²) in [4.78, 5) is 10.7. The molecule has 0 amide bonds. The molecule has 0 aliphatic carbocycles. The fourth-order valence-corrected chi connectivity index (χ4v) is 2.25. The fourth-order valence-electron chi connectivity index (χ4n) is 1.37. The van der Waals surface area contributed by atoms with E-state index in [0.717, 1.165) is 12.3 Å². The lowest BCUT2D eigenvalue weighted by molar-refractivity contribution is 0.0696. The lowest BCUT2D eigenvalue weighted by atomic mass is 10.0. The maximum Gasteiger partial charge on any atom is 0.335 e. The summed E-state index contributed by atoms with van der Waals surface area (Å²) < 4.78 is 22.7. The molecule has 1 aromatic rings. The maximum atomic E-state index is 11.3. The van der Waals surface area contributed by atoms with Gasteiger partial charge in [0.15, 0.2) is 9.84 Å². The van der Waals surface area contributed by atoms with Crippen molar-refractivity contribution in [3.63, 3.8) is 0 Å². The van der Waals surface area contributed by atoms with Crippen LogP contribution in [0.4, 0.5) is 0 Å². The zero-order valence-corrected chi connectivity index (χ0v) is 9.50. The molecule has 0 heterocycles. The molecule has 0 aliphatic rings.